The number of aromatic nitrogens is 1. The van der Waals surface area contributed by atoms with Crippen LogP contribution in [0.1, 0.15) is 32.1 Å². The molecule has 2 aliphatic rings. The lowest BCUT2D eigenvalue weighted by Gasteiger charge is -2.28. The quantitative estimate of drug-likeness (QED) is 0.737. The van der Waals surface area contributed by atoms with E-state index in [2.05, 4.69) is 4.98 Å². The summed E-state index contributed by atoms with van der Waals surface area (Å²) in [6, 6.07) is 3.91. The van der Waals surface area contributed by atoms with Crippen LogP contribution in [-0.4, -0.2) is 11.1 Å². The van der Waals surface area contributed by atoms with Crippen LogP contribution in [0.15, 0.2) is 24.5 Å². The van der Waals surface area contributed by atoms with E-state index >= 15 is 0 Å². The Morgan fingerprint density at radius 1 is 1.00 bits per heavy atom. The van der Waals surface area contributed by atoms with Crippen molar-refractivity contribution < 1.29 is 4.74 Å². The Bertz CT molecular complexity index is 313. The number of ether oxygens (including phenoxy) is 1. The number of pyridine rings is 1. The summed E-state index contributed by atoms with van der Waals surface area (Å²) in [6.45, 7) is 0. The third kappa shape index (κ3) is 1.99. The Morgan fingerprint density at radius 3 is 2.33 bits per heavy atom. The van der Waals surface area contributed by atoms with Gasteiger partial charge in [0.2, 0.25) is 0 Å². The molecule has 0 spiro atoms. The third-order valence-corrected chi connectivity index (χ3v) is 3.79. The van der Waals surface area contributed by atoms with Gasteiger partial charge < -0.3 is 4.74 Å². The molecule has 2 fully saturated rings. The molecule has 2 bridgehead atoms. The average Bonchev–Trinajstić information content (AvgIpc) is 2.60. The van der Waals surface area contributed by atoms with Crippen LogP contribution in [0.2, 0.25) is 0 Å². The molecular formula is C13H17NO. The van der Waals surface area contributed by atoms with Crippen LogP contribution < -0.4 is 4.74 Å². The van der Waals surface area contributed by atoms with Gasteiger partial charge in [0.1, 0.15) is 5.75 Å². The predicted molar refractivity (Wildman–Crippen MR) is 58.7 cm³/mol. The summed E-state index contributed by atoms with van der Waals surface area (Å²) in [5.74, 6) is 2.86. The van der Waals surface area contributed by atoms with Gasteiger partial charge in [-0.1, -0.05) is 12.8 Å². The molecule has 1 heterocycles. The van der Waals surface area contributed by atoms with E-state index in [0.29, 0.717) is 6.10 Å². The highest BCUT2D eigenvalue weighted by Crippen LogP contribution is 2.42. The van der Waals surface area contributed by atoms with Crippen LogP contribution in [0, 0.1) is 11.8 Å². The molecule has 0 aliphatic heterocycles. The van der Waals surface area contributed by atoms with Crippen LogP contribution in [0.25, 0.3) is 0 Å². The first-order chi connectivity index (χ1) is 7.40. The smallest absolute Gasteiger partial charge is 0.122 e. The topological polar surface area (TPSA) is 22.1 Å². The van der Waals surface area contributed by atoms with Crippen LogP contribution in [-0.2, 0) is 0 Å². The standard InChI is InChI=1S/C13H17NO/c1-2-11-7-10(1)8-13(9-11)15-12-3-5-14-6-4-12/h3-6,10-11,13H,1-2,7-9H2/t10-,11+,13?. The van der Waals surface area contributed by atoms with Crippen LogP contribution in [0.5, 0.6) is 5.75 Å². The molecule has 2 saturated carbocycles. The van der Waals surface area contributed by atoms with Gasteiger partial charge in [0.15, 0.2) is 0 Å². The van der Waals surface area contributed by atoms with Gasteiger partial charge in [0.05, 0.1) is 6.10 Å². The van der Waals surface area contributed by atoms with Gasteiger partial charge in [-0.3, -0.25) is 4.98 Å². The normalized spacial score (nSPS) is 34.0. The van der Waals surface area contributed by atoms with Crippen molar-refractivity contribution in [2.45, 2.75) is 38.2 Å². The maximum atomic E-state index is 6.00. The van der Waals surface area contributed by atoms with Crippen molar-refractivity contribution >= 4 is 0 Å². The second-order valence-electron chi connectivity index (χ2n) is 4.94. The molecule has 0 saturated heterocycles. The van der Waals surface area contributed by atoms with E-state index in [0.717, 1.165) is 17.6 Å². The van der Waals surface area contributed by atoms with Gasteiger partial charge in [0.25, 0.3) is 0 Å². The van der Waals surface area contributed by atoms with Gasteiger partial charge in [-0.2, -0.15) is 0 Å². The van der Waals surface area contributed by atoms with Crippen molar-refractivity contribution in [1.29, 1.82) is 0 Å². The molecule has 2 heteroatoms. The highest BCUT2D eigenvalue weighted by atomic mass is 16.5. The highest BCUT2D eigenvalue weighted by molar-refractivity contribution is 5.17. The van der Waals surface area contributed by atoms with Crippen molar-refractivity contribution in [3.05, 3.63) is 24.5 Å². The minimum atomic E-state index is 0.457. The SMILES string of the molecule is c1cc(OC2C[C@H]3CC[C@@H](C2)C3)ccn1. The molecule has 1 aromatic rings. The van der Waals surface area contributed by atoms with Crippen molar-refractivity contribution in [2.24, 2.45) is 11.8 Å². The maximum Gasteiger partial charge on any atom is 0.122 e. The lowest BCUT2D eigenvalue weighted by Crippen LogP contribution is -2.25. The molecule has 15 heavy (non-hydrogen) atoms. The summed E-state index contributed by atoms with van der Waals surface area (Å²) in [5.41, 5.74) is 0. The van der Waals surface area contributed by atoms with Crippen molar-refractivity contribution in [3.63, 3.8) is 0 Å². The molecule has 1 unspecified atom stereocenters. The van der Waals surface area contributed by atoms with E-state index in [1.807, 2.05) is 12.1 Å². The fourth-order valence-electron chi connectivity index (χ4n) is 3.15. The summed E-state index contributed by atoms with van der Waals surface area (Å²) in [5, 5.41) is 0. The molecule has 1 aromatic heterocycles. The number of fused-ring (bicyclic) bond motifs is 2. The molecule has 2 aliphatic carbocycles. The Hall–Kier alpha value is -1.05. The van der Waals surface area contributed by atoms with Gasteiger partial charge in [-0.05, 0) is 43.2 Å². The van der Waals surface area contributed by atoms with E-state index < -0.39 is 0 Å². The highest BCUT2D eigenvalue weighted by Gasteiger charge is 2.34. The molecular weight excluding hydrogens is 186 g/mol. The number of rotatable bonds is 2. The van der Waals surface area contributed by atoms with E-state index in [1.54, 1.807) is 12.4 Å². The van der Waals surface area contributed by atoms with Crippen LogP contribution in [0.3, 0.4) is 0 Å². The van der Waals surface area contributed by atoms with E-state index in [1.165, 1.54) is 32.1 Å². The minimum absolute atomic E-state index is 0.457. The summed E-state index contributed by atoms with van der Waals surface area (Å²) < 4.78 is 6.00. The number of hydrogen-bond donors (Lipinski definition) is 0. The first kappa shape index (κ1) is 9.20. The third-order valence-electron chi connectivity index (χ3n) is 3.79. The number of hydrogen-bond acceptors (Lipinski definition) is 2. The van der Waals surface area contributed by atoms with E-state index in [4.69, 9.17) is 4.74 Å². The van der Waals surface area contributed by atoms with Gasteiger partial charge in [-0.25, -0.2) is 0 Å². The Balaban J connectivity index is 1.65. The second kappa shape index (κ2) is 3.84. The van der Waals surface area contributed by atoms with Crippen LogP contribution >= 0.6 is 0 Å². The van der Waals surface area contributed by atoms with E-state index in [9.17, 15) is 0 Å². The van der Waals surface area contributed by atoms with Crippen molar-refractivity contribution in [1.82, 2.24) is 4.98 Å². The van der Waals surface area contributed by atoms with Crippen LogP contribution in [0.4, 0.5) is 0 Å². The zero-order valence-electron chi connectivity index (χ0n) is 8.93. The monoisotopic (exact) mass is 203 g/mol. The molecule has 0 aromatic carbocycles. The number of nitrogens with zero attached hydrogens (tertiary/aromatic N) is 1. The molecule has 0 radical (unpaired) electrons. The summed E-state index contributed by atoms with van der Waals surface area (Å²) >= 11 is 0. The van der Waals surface area contributed by atoms with Gasteiger partial charge >= 0.3 is 0 Å². The summed E-state index contributed by atoms with van der Waals surface area (Å²) in [4.78, 5) is 4.00. The molecule has 2 nitrogen and oxygen atoms in total. The molecule has 0 N–H and O–H groups in total. The first-order valence-corrected chi connectivity index (χ1v) is 5.97. The fourth-order valence-corrected chi connectivity index (χ4v) is 3.15. The Labute approximate surface area is 90.7 Å². The average molecular weight is 203 g/mol. The second-order valence-corrected chi connectivity index (χ2v) is 4.94. The molecule has 3 rings (SSSR count). The fraction of sp³-hybridized carbons (Fsp3) is 0.615. The lowest BCUT2D eigenvalue weighted by molar-refractivity contribution is 0.119. The first-order valence-electron chi connectivity index (χ1n) is 5.97. The largest absolute Gasteiger partial charge is 0.490 e. The Morgan fingerprint density at radius 2 is 1.67 bits per heavy atom. The Kier molecular flexibility index (Phi) is 2.35. The summed E-state index contributed by atoms with van der Waals surface area (Å²) in [6.07, 6.45) is 10.9. The zero-order chi connectivity index (χ0) is 10.1. The van der Waals surface area contributed by atoms with Crippen molar-refractivity contribution in [3.8, 4) is 5.75 Å². The van der Waals surface area contributed by atoms with Gasteiger partial charge in [0, 0.05) is 12.4 Å². The minimum Gasteiger partial charge on any atom is -0.490 e. The maximum absolute atomic E-state index is 6.00. The molecule has 0 amide bonds. The predicted octanol–water partition coefficient (Wildman–Crippen LogP) is 3.04. The molecule has 3 atom stereocenters. The molecule has 80 valence electrons. The van der Waals surface area contributed by atoms with E-state index in [-0.39, 0.29) is 0 Å². The zero-order valence-corrected chi connectivity index (χ0v) is 8.93. The van der Waals surface area contributed by atoms with Crippen molar-refractivity contribution in [2.75, 3.05) is 0 Å². The van der Waals surface area contributed by atoms with Gasteiger partial charge in [-0.15, -0.1) is 0 Å². The lowest BCUT2D eigenvalue weighted by atomic mass is 9.87. The summed E-state index contributed by atoms with van der Waals surface area (Å²) in [7, 11) is 0.